The largest absolute Gasteiger partial charge is 0.330 e. The van der Waals surface area contributed by atoms with E-state index in [9.17, 15) is 0 Å². The highest BCUT2D eigenvalue weighted by molar-refractivity contribution is 5.39. The zero-order chi connectivity index (χ0) is 12.3. The Morgan fingerprint density at radius 3 is 2.53 bits per heavy atom. The molecule has 0 aliphatic rings. The van der Waals surface area contributed by atoms with Crippen molar-refractivity contribution in [3.8, 4) is 5.69 Å². The fourth-order valence-electron chi connectivity index (χ4n) is 2.02. The molecule has 0 fully saturated rings. The van der Waals surface area contributed by atoms with Gasteiger partial charge in [-0.2, -0.15) is 5.10 Å². The van der Waals surface area contributed by atoms with E-state index in [4.69, 9.17) is 5.73 Å². The Bertz CT molecular complexity index is 480. The van der Waals surface area contributed by atoms with Gasteiger partial charge in [-0.15, -0.1) is 0 Å². The van der Waals surface area contributed by atoms with E-state index in [1.165, 1.54) is 16.7 Å². The van der Waals surface area contributed by atoms with E-state index in [1.54, 1.807) is 0 Å². The molecule has 1 aromatic heterocycles. The minimum absolute atomic E-state index is 0.731. The van der Waals surface area contributed by atoms with E-state index in [0.717, 1.165) is 25.1 Å². The summed E-state index contributed by atoms with van der Waals surface area (Å²) in [6.07, 6.45) is 6.02. The number of benzene rings is 1. The van der Waals surface area contributed by atoms with Crippen LogP contribution in [0.5, 0.6) is 0 Å². The van der Waals surface area contributed by atoms with Gasteiger partial charge in [0.05, 0.1) is 11.9 Å². The molecule has 2 N–H and O–H groups in total. The molecule has 0 spiro atoms. The lowest BCUT2D eigenvalue weighted by atomic mass is 10.1. The number of hydrogen-bond acceptors (Lipinski definition) is 2. The summed E-state index contributed by atoms with van der Waals surface area (Å²) in [4.78, 5) is 0. The average molecular weight is 229 g/mol. The van der Waals surface area contributed by atoms with Gasteiger partial charge in [0, 0.05) is 6.20 Å². The Morgan fingerprint density at radius 1 is 1.18 bits per heavy atom. The molecule has 2 aromatic rings. The van der Waals surface area contributed by atoms with Gasteiger partial charge in [0.2, 0.25) is 0 Å². The molecular formula is C14H19N3. The smallest absolute Gasteiger partial charge is 0.0650 e. The zero-order valence-corrected chi connectivity index (χ0v) is 10.5. The van der Waals surface area contributed by atoms with Gasteiger partial charge >= 0.3 is 0 Å². The predicted molar refractivity (Wildman–Crippen MR) is 70.4 cm³/mol. The van der Waals surface area contributed by atoms with Crippen molar-refractivity contribution >= 4 is 0 Å². The molecule has 1 heterocycles. The molecule has 0 saturated heterocycles. The first-order chi connectivity index (χ1) is 8.19. The van der Waals surface area contributed by atoms with Crippen LogP contribution in [0.1, 0.15) is 23.1 Å². The van der Waals surface area contributed by atoms with Crippen LogP contribution in [-0.2, 0) is 6.42 Å². The highest BCUT2D eigenvalue weighted by Gasteiger charge is 2.02. The minimum atomic E-state index is 0.731. The summed E-state index contributed by atoms with van der Waals surface area (Å²) in [5.74, 6) is 0. The van der Waals surface area contributed by atoms with Crippen molar-refractivity contribution in [2.75, 3.05) is 6.54 Å². The molecule has 0 radical (unpaired) electrons. The zero-order valence-electron chi connectivity index (χ0n) is 10.5. The molecule has 0 saturated carbocycles. The maximum absolute atomic E-state index is 5.51. The van der Waals surface area contributed by atoms with Crippen molar-refractivity contribution < 1.29 is 0 Å². The summed E-state index contributed by atoms with van der Waals surface area (Å²) in [5, 5.41) is 4.40. The molecular weight excluding hydrogens is 210 g/mol. The molecule has 0 bridgehead atoms. The molecule has 1 aromatic carbocycles. The van der Waals surface area contributed by atoms with Gasteiger partial charge in [-0.3, -0.25) is 0 Å². The SMILES string of the molecule is Cc1cc(C)cc(-n2cc(CCCN)cn2)c1. The van der Waals surface area contributed by atoms with Crippen LogP contribution in [0.4, 0.5) is 0 Å². The fraction of sp³-hybridized carbons (Fsp3) is 0.357. The molecule has 17 heavy (non-hydrogen) atoms. The maximum atomic E-state index is 5.51. The van der Waals surface area contributed by atoms with Gasteiger partial charge < -0.3 is 5.73 Å². The van der Waals surface area contributed by atoms with Crippen molar-refractivity contribution in [2.24, 2.45) is 5.73 Å². The van der Waals surface area contributed by atoms with Gasteiger partial charge in [-0.1, -0.05) is 6.07 Å². The number of hydrogen-bond donors (Lipinski definition) is 1. The van der Waals surface area contributed by atoms with Gasteiger partial charge in [-0.25, -0.2) is 4.68 Å². The van der Waals surface area contributed by atoms with Crippen LogP contribution >= 0.6 is 0 Å². The third-order valence-corrected chi connectivity index (χ3v) is 2.78. The summed E-state index contributed by atoms with van der Waals surface area (Å²) < 4.78 is 1.94. The summed E-state index contributed by atoms with van der Waals surface area (Å²) >= 11 is 0. The van der Waals surface area contributed by atoms with Crippen molar-refractivity contribution in [1.29, 1.82) is 0 Å². The Balaban J connectivity index is 2.24. The standard InChI is InChI=1S/C14H19N3/c1-11-6-12(2)8-14(7-11)17-10-13(9-16-17)4-3-5-15/h6-10H,3-5,15H2,1-2H3. The molecule has 90 valence electrons. The molecule has 0 aliphatic carbocycles. The predicted octanol–water partition coefficient (Wildman–Crippen LogP) is 2.38. The number of aryl methyl sites for hydroxylation is 3. The average Bonchev–Trinajstić information content (AvgIpc) is 2.73. The summed E-state index contributed by atoms with van der Waals surface area (Å²) in [5.41, 5.74) is 10.4. The Hall–Kier alpha value is -1.61. The lowest BCUT2D eigenvalue weighted by Gasteiger charge is -2.04. The molecule has 0 aliphatic heterocycles. The first kappa shape index (κ1) is 11.9. The Morgan fingerprint density at radius 2 is 1.88 bits per heavy atom. The van der Waals surface area contributed by atoms with Crippen LogP contribution in [0.25, 0.3) is 5.69 Å². The van der Waals surface area contributed by atoms with Gasteiger partial charge in [0.15, 0.2) is 0 Å². The highest BCUT2D eigenvalue weighted by atomic mass is 15.3. The third kappa shape index (κ3) is 2.94. The Labute approximate surface area is 102 Å². The van der Waals surface area contributed by atoms with Crippen LogP contribution in [0, 0.1) is 13.8 Å². The first-order valence-electron chi connectivity index (χ1n) is 6.01. The van der Waals surface area contributed by atoms with Crippen molar-refractivity contribution in [2.45, 2.75) is 26.7 Å². The quantitative estimate of drug-likeness (QED) is 0.874. The van der Waals surface area contributed by atoms with E-state index in [1.807, 2.05) is 10.9 Å². The number of nitrogens with two attached hydrogens (primary N) is 1. The van der Waals surface area contributed by atoms with E-state index < -0.39 is 0 Å². The van der Waals surface area contributed by atoms with E-state index >= 15 is 0 Å². The highest BCUT2D eigenvalue weighted by Crippen LogP contribution is 2.14. The number of aromatic nitrogens is 2. The molecule has 3 nitrogen and oxygen atoms in total. The van der Waals surface area contributed by atoms with Gasteiger partial charge in [0.25, 0.3) is 0 Å². The second kappa shape index (κ2) is 5.15. The summed E-state index contributed by atoms with van der Waals surface area (Å²) in [7, 11) is 0. The number of nitrogens with zero attached hydrogens (tertiary/aromatic N) is 2. The van der Waals surface area contributed by atoms with Crippen LogP contribution in [0.2, 0.25) is 0 Å². The van der Waals surface area contributed by atoms with Crippen LogP contribution in [0.15, 0.2) is 30.6 Å². The summed E-state index contributed by atoms with van der Waals surface area (Å²) in [6.45, 7) is 4.94. The lowest BCUT2D eigenvalue weighted by Crippen LogP contribution is -1.99. The van der Waals surface area contributed by atoms with E-state index in [2.05, 4.69) is 43.3 Å². The summed E-state index contributed by atoms with van der Waals surface area (Å²) in [6, 6.07) is 6.46. The van der Waals surface area contributed by atoms with Gasteiger partial charge in [0.1, 0.15) is 0 Å². The molecule has 0 atom stereocenters. The van der Waals surface area contributed by atoms with Crippen LogP contribution in [-0.4, -0.2) is 16.3 Å². The topological polar surface area (TPSA) is 43.8 Å². The van der Waals surface area contributed by atoms with E-state index in [-0.39, 0.29) is 0 Å². The first-order valence-corrected chi connectivity index (χ1v) is 6.01. The molecule has 2 rings (SSSR count). The Kier molecular flexibility index (Phi) is 3.59. The van der Waals surface area contributed by atoms with E-state index in [0.29, 0.717) is 0 Å². The monoisotopic (exact) mass is 229 g/mol. The minimum Gasteiger partial charge on any atom is -0.330 e. The molecule has 3 heteroatoms. The van der Waals surface area contributed by atoms with Crippen molar-refractivity contribution in [1.82, 2.24) is 9.78 Å². The molecule has 0 unspecified atom stereocenters. The van der Waals surface area contributed by atoms with Crippen molar-refractivity contribution in [3.63, 3.8) is 0 Å². The van der Waals surface area contributed by atoms with Crippen molar-refractivity contribution in [3.05, 3.63) is 47.3 Å². The number of rotatable bonds is 4. The normalized spacial score (nSPS) is 10.8. The third-order valence-electron chi connectivity index (χ3n) is 2.78. The fourth-order valence-corrected chi connectivity index (χ4v) is 2.02. The lowest BCUT2D eigenvalue weighted by molar-refractivity contribution is 0.831. The van der Waals surface area contributed by atoms with Crippen LogP contribution < -0.4 is 5.73 Å². The second-order valence-corrected chi connectivity index (χ2v) is 4.53. The van der Waals surface area contributed by atoms with Crippen LogP contribution in [0.3, 0.4) is 0 Å². The van der Waals surface area contributed by atoms with Gasteiger partial charge in [-0.05, 0) is 62.1 Å². The molecule has 0 amide bonds. The maximum Gasteiger partial charge on any atom is 0.0650 e. The second-order valence-electron chi connectivity index (χ2n) is 4.53.